The molecule has 0 aliphatic carbocycles. The third kappa shape index (κ3) is 5.98. The maximum atomic E-state index is 9.07. The van der Waals surface area contributed by atoms with Crippen molar-refractivity contribution < 1.29 is 11.4 Å². The van der Waals surface area contributed by atoms with Gasteiger partial charge < -0.3 is 0 Å². The Morgan fingerprint density at radius 1 is 0.853 bits per heavy atom. The standard InChI is InChI=1S/C31H46NSi2/c1-22-17-23(2)28(18-27(22)24-13-15-26(16-14-24)33(7,8)9)29-19-30(34(10,11)12)25(21-32(29)6)20-31(3,4)5/h13-19,21H,20H2,1-12H3/q+1/i1D3,20D2. The average molecular weight is 494 g/mol. The molecule has 0 aliphatic heterocycles. The molecule has 3 aromatic rings. The number of rotatable bonds is 5. The van der Waals surface area contributed by atoms with Crippen LogP contribution in [0.1, 0.15) is 44.3 Å². The van der Waals surface area contributed by atoms with Crippen molar-refractivity contribution in [2.24, 2.45) is 12.5 Å². The second-order valence-corrected chi connectivity index (χ2v) is 22.9. The Balaban J connectivity index is 2.35. The summed E-state index contributed by atoms with van der Waals surface area (Å²) in [4.78, 5) is 0. The summed E-state index contributed by atoms with van der Waals surface area (Å²) in [7, 11) is -1.48. The summed E-state index contributed by atoms with van der Waals surface area (Å²) in [6.45, 7) is 19.3. The second-order valence-electron chi connectivity index (χ2n) is 12.8. The van der Waals surface area contributed by atoms with Crippen LogP contribution in [0.25, 0.3) is 22.4 Å². The number of hydrogen-bond donors (Lipinski definition) is 0. The molecule has 0 saturated heterocycles. The van der Waals surface area contributed by atoms with E-state index in [9.17, 15) is 0 Å². The highest BCUT2D eigenvalue weighted by Crippen LogP contribution is 2.31. The van der Waals surface area contributed by atoms with Crippen molar-refractivity contribution in [2.75, 3.05) is 0 Å². The minimum Gasteiger partial charge on any atom is -0.201 e. The number of nitrogens with zero attached hydrogens (tertiary/aromatic N) is 1. The van der Waals surface area contributed by atoms with Crippen LogP contribution in [0.4, 0.5) is 0 Å². The highest BCUT2D eigenvalue weighted by molar-refractivity contribution is 6.89. The van der Waals surface area contributed by atoms with Gasteiger partial charge in [-0.2, -0.15) is 0 Å². The van der Waals surface area contributed by atoms with Crippen molar-refractivity contribution in [3.8, 4) is 22.4 Å². The normalized spacial score (nSPS) is 15.8. The van der Waals surface area contributed by atoms with Gasteiger partial charge in [0.15, 0.2) is 6.20 Å². The molecule has 0 fully saturated rings. The lowest BCUT2D eigenvalue weighted by Crippen LogP contribution is -2.45. The molecule has 182 valence electrons. The monoisotopic (exact) mass is 493 g/mol. The van der Waals surface area contributed by atoms with E-state index in [-0.39, 0.29) is 0 Å². The summed E-state index contributed by atoms with van der Waals surface area (Å²) in [5.41, 5.74) is 5.00. The van der Waals surface area contributed by atoms with Gasteiger partial charge in [-0.15, -0.1) is 0 Å². The van der Waals surface area contributed by atoms with Crippen molar-refractivity contribution in [3.63, 3.8) is 0 Å². The first-order valence-electron chi connectivity index (χ1n) is 14.8. The number of pyridine rings is 1. The number of aryl methyl sites for hydroxylation is 3. The van der Waals surface area contributed by atoms with E-state index in [1.165, 1.54) is 5.19 Å². The van der Waals surface area contributed by atoms with Crippen LogP contribution in [0, 0.1) is 19.2 Å². The SMILES string of the molecule is [2H]C([2H])([2H])c1cc(C)c(-c2cc([Si](C)(C)C)c(C([2H])([2H])C(C)(C)C)c[n+]2C)cc1-c1ccc([Si](C)(C)C)cc1. The quantitative estimate of drug-likeness (QED) is 0.263. The van der Waals surface area contributed by atoms with Crippen molar-refractivity contribution in [1.82, 2.24) is 0 Å². The summed E-state index contributed by atoms with van der Waals surface area (Å²) in [6.07, 6.45) is 0.454. The van der Waals surface area contributed by atoms with Crippen LogP contribution < -0.4 is 14.9 Å². The van der Waals surface area contributed by atoms with Crippen molar-refractivity contribution in [1.29, 1.82) is 0 Å². The lowest BCUT2D eigenvalue weighted by atomic mass is 9.88. The molecule has 34 heavy (non-hydrogen) atoms. The molecule has 0 saturated carbocycles. The summed E-state index contributed by atoms with van der Waals surface area (Å²) < 4.78 is 45.0. The largest absolute Gasteiger partial charge is 0.212 e. The Morgan fingerprint density at radius 3 is 1.97 bits per heavy atom. The van der Waals surface area contributed by atoms with Crippen molar-refractivity contribution in [2.45, 2.75) is 80.2 Å². The fourth-order valence-electron chi connectivity index (χ4n) is 4.41. The molecule has 0 unspecified atom stereocenters. The van der Waals surface area contributed by atoms with Crippen molar-refractivity contribution in [3.05, 3.63) is 65.4 Å². The average Bonchev–Trinajstić information content (AvgIpc) is 2.76. The van der Waals surface area contributed by atoms with Crippen LogP contribution in [0.2, 0.25) is 39.3 Å². The minimum absolute atomic E-state index is 0.360. The Labute approximate surface area is 218 Å². The first-order chi connectivity index (χ1) is 17.5. The molecular weight excluding hydrogens is 443 g/mol. The first-order valence-corrected chi connectivity index (χ1v) is 19.3. The topological polar surface area (TPSA) is 3.88 Å². The van der Waals surface area contributed by atoms with E-state index in [0.717, 1.165) is 38.7 Å². The molecule has 0 atom stereocenters. The highest BCUT2D eigenvalue weighted by atomic mass is 28.3. The minimum atomic E-state index is -2.24. The third-order valence-corrected chi connectivity index (χ3v) is 10.4. The Morgan fingerprint density at radius 2 is 1.47 bits per heavy atom. The lowest BCUT2D eigenvalue weighted by molar-refractivity contribution is -0.660. The van der Waals surface area contributed by atoms with Gasteiger partial charge in [0.05, 0.1) is 16.1 Å². The van der Waals surface area contributed by atoms with Gasteiger partial charge in [0.25, 0.3) is 0 Å². The predicted molar refractivity (Wildman–Crippen MR) is 157 cm³/mol. The summed E-state index contributed by atoms with van der Waals surface area (Å²) >= 11 is 0. The number of benzene rings is 2. The predicted octanol–water partition coefficient (Wildman–Crippen LogP) is 7.14. The maximum absolute atomic E-state index is 9.07. The molecule has 0 aliphatic rings. The van der Waals surface area contributed by atoms with Gasteiger partial charge in [0.1, 0.15) is 7.05 Å². The zero-order chi connectivity index (χ0) is 29.9. The number of aromatic nitrogens is 1. The van der Waals surface area contributed by atoms with Crippen molar-refractivity contribution >= 4 is 26.5 Å². The third-order valence-electron chi connectivity index (χ3n) is 6.29. The van der Waals surface area contributed by atoms with Gasteiger partial charge in [-0.25, -0.2) is 4.57 Å². The Kier molecular flexibility index (Phi) is 5.50. The molecule has 0 amide bonds. The summed E-state index contributed by atoms with van der Waals surface area (Å²) in [6, 6.07) is 14.4. The molecule has 0 N–H and O–H groups in total. The van der Waals surface area contributed by atoms with Gasteiger partial charge >= 0.3 is 0 Å². The van der Waals surface area contributed by atoms with E-state index < -0.39 is 34.8 Å². The fraction of sp³-hybridized carbons (Fsp3) is 0.452. The zero-order valence-corrected chi connectivity index (χ0v) is 25.1. The maximum Gasteiger partial charge on any atom is 0.212 e. The fourth-order valence-corrected chi connectivity index (χ4v) is 7.08. The Hall–Kier alpha value is -1.98. The van der Waals surface area contributed by atoms with Gasteiger partial charge in [0, 0.05) is 24.0 Å². The smallest absolute Gasteiger partial charge is 0.201 e. The van der Waals surface area contributed by atoms with Crippen LogP contribution in [-0.2, 0) is 13.4 Å². The molecule has 3 heteroatoms. The summed E-state index contributed by atoms with van der Waals surface area (Å²) in [5.74, 6) is 0. The lowest BCUT2D eigenvalue weighted by Gasteiger charge is -2.25. The molecular formula is C31H46NSi2+. The molecule has 0 bridgehead atoms. The molecule has 0 spiro atoms. The van der Waals surface area contributed by atoms with Crippen LogP contribution in [0.5, 0.6) is 0 Å². The van der Waals surface area contributed by atoms with E-state index in [1.807, 2.05) is 57.6 Å². The summed E-state index contributed by atoms with van der Waals surface area (Å²) in [5, 5.41) is 2.43. The van der Waals surface area contributed by atoms with E-state index >= 15 is 0 Å². The highest BCUT2D eigenvalue weighted by Gasteiger charge is 2.28. The molecule has 0 radical (unpaired) electrons. The van der Waals surface area contributed by atoms with Gasteiger partial charge in [-0.1, -0.05) is 95.6 Å². The van der Waals surface area contributed by atoms with E-state index in [1.54, 1.807) is 0 Å². The Bertz CT molecular complexity index is 1370. The van der Waals surface area contributed by atoms with Gasteiger partial charge in [-0.3, -0.25) is 0 Å². The van der Waals surface area contributed by atoms with E-state index in [0.29, 0.717) is 5.56 Å². The zero-order valence-electron chi connectivity index (χ0n) is 28.1. The first kappa shape index (κ1) is 20.2. The van der Waals surface area contributed by atoms with Crippen LogP contribution >= 0.6 is 0 Å². The molecule has 1 heterocycles. The molecule has 3 rings (SSSR count). The van der Waals surface area contributed by atoms with Crippen LogP contribution in [0.3, 0.4) is 0 Å². The van der Waals surface area contributed by atoms with Gasteiger partial charge in [0.2, 0.25) is 5.69 Å². The van der Waals surface area contributed by atoms with Crippen LogP contribution in [0.15, 0.2) is 48.7 Å². The van der Waals surface area contributed by atoms with Crippen LogP contribution in [-0.4, -0.2) is 16.1 Å². The molecule has 1 aromatic heterocycles. The van der Waals surface area contributed by atoms with E-state index in [4.69, 9.17) is 6.85 Å². The molecule has 2 aromatic carbocycles. The second kappa shape index (κ2) is 9.24. The molecule has 1 nitrogen and oxygen atoms in total. The van der Waals surface area contributed by atoms with E-state index in [2.05, 4.69) is 69.6 Å². The van der Waals surface area contributed by atoms with Gasteiger partial charge in [-0.05, 0) is 59.1 Å². The number of hydrogen-bond acceptors (Lipinski definition) is 0.